The lowest BCUT2D eigenvalue weighted by atomic mass is 10.0. The van der Waals surface area contributed by atoms with Gasteiger partial charge in [-0.05, 0) is 60.1 Å². The highest BCUT2D eigenvalue weighted by Crippen LogP contribution is 2.32. The fraction of sp³-hybridized carbons (Fsp3) is 0.208. The van der Waals surface area contributed by atoms with Crippen molar-refractivity contribution in [2.45, 2.75) is 0 Å². The van der Waals surface area contributed by atoms with Crippen molar-refractivity contribution in [1.29, 1.82) is 0 Å². The molecule has 3 aromatic rings. The first-order valence-electron chi connectivity index (χ1n) is 10.3. The van der Waals surface area contributed by atoms with Gasteiger partial charge in [-0.1, -0.05) is 18.2 Å². The van der Waals surface area contributed by atoms with E-state index in [2.05, 4.69) is 27.1 Å². The number of carbonyl (C=O) groups is 2. The van der Waals surface area contributed by atoms with E-state index in [0.29, 0.717) is 21.8 Å². The van der Waals surface area contributed by atoms with Crippen molar-refractivity contribution in [2.24, 2.45) is 0 Å². The van der Waals surface area contributed by atoms with Gasteiger partial charge in [-0.3, -0.25) is 19.9 Å². The van der Waals surface area contributed by atoms with Gasteiger partial charge in [0.1, 0.15) is 5.82 Å². The Morgan fingerprint density at radius 1 is 1.06 bits per heavy atom. The summed E-state index contributed by atoms with van der Waals surface area (Å²) in [5, 5.41) is 3.69. The number of halogens is 1. The Morgan fingerprint density at radius 3 is 2.59 bits per heavy atom. The van der Waals surface area contributed by atoms with Crippen LogP contribution in [-0.4, -0.2) is 54.3 Å². The number of carbonyl (C=O) groups excluding carboxylic acids is 2. The van der Waals surface area contributed by atoms with Crippen LogP contribution in [0.4, 0.5) is 14.9 Å². The zero-order chi connectivity index (χ0) is 22.2. The molecule has 2 amide bonds. The highest BCUT2D eigenvalue weighted by molar-refractivity contribution is 8.18. The number of anilines is 1. The number of amides is 2. The normalized spacial score (nSPS) is 18.6. The van der Waals surface area contributed by atoms with Crippen LogP contribution in [0, 0.1) is 5.82 Å². The van der Waals surface area contributed by atoms with Crippen molar-refractivity contribution >= 4 is 45.4 Å². The Bertz CT molecular complexity index is 1270. The van der Waals surface area contributed by atoms with Crippen molar-refractivity contribution in [3.8, 4) is 11.3 Å². The van der Waals surface area contributed by atoms with Gasteiger partial charge in [-0.2, -0.15) is 0 Å². The Hall–Kier alpha value is -3.23. The maximum Gasteiger partial charge on any atom is 0.290 e. The van der Waals surface area contributed by atoms with Crippen molar-refractivity contribution in [2.75, 3.05) is 38.1 Å². The highest BCUT2D eigenvalue weighted by atomic mass is 32.2. The summed E-state index contributed by atoms with van der Waals surface area (Å²) in [4.78, 5) is 32.5. The Balaban J connectivity index is 1.51. The minimum absolute atomic E-state index is 0.262. The van der Waals surface area contributed by atoms with Crippen LogP contribution in [0.2, 0.25) is 0 Å². The predicted octanol–water partition coefficient (Wildman–Crippen LogP) is 4.12. The van der Waals surface area contributed by atoms with Gasteiger partial charge in [0.15, 0.2) is 0 Å². The second-order valence-electron chi connectivity index (χ2n) is 7.95. The molecule has 0 aliphatic carbocycles. The lowest BCUT2D eigenvalue weighted by Gasteiger charge is -2.34. The summed E-state index contributed by atoms with van der Waals surface area (Å²) in [6, 6.07) is 12.9. The van der Waals surface area contributed by atoms with Gasteiger partial charge in [-0.15, -0.1) is 0 Å². The molecular formula is C24H21FN4O2S. The number of fused-ring (bicyclic) bond motifs is 1. The molecule has 0 unspecified atom stereocenters. The molecule has 0 bridgehead atoms. The van der Waals surface area contributed by atoms with Crippen LogP contribution in [0.1, 0.15) is 5.56 Å². The lowest BCUT2D eigenvalue weighted by Crippen LogP contribution is -2.44. The third-order valence-electron chi connectivity index (χ3n) is 5.80. The van der Waals surface area contributed by atoms with Gasteiger partial charge in [0.2, 0.25) is 0 Å². The van der Waals surface area contributed by atoms with E-state index in [0.717, 1.165) is 54.3 Å². The average molecular weight is 449 g/mol. The van der Waals surface area contributed by atoms with Crippen molar-refractivity contribution in [3.05, 3.63) is 64.9 Å². The molecule has 8 heteroatoms. The number of nitrogens with one attached hydrogen (secondary N) is 1. The van der Waals surface area contributed by atoms with E-state index in [1.54, 1.807) is 18.3 Å². The van der Waals surface area contributed by atoms with Gasteiger partial charge in [0, 0.05) is 43.3 Å². The summed E-state index contributed by atoms with van der Waals surface area (Å²) < 4.78 is 15.1. The maximum atomic E-state index is 15.1. The first kappa shape index (κ1) is 20.7. The molecule has 32 heavy (non-hydrogen) atoms. The van der Waals surface area contributed by atoms with E-state index in [1.807, 2.05) is 36.4 Å². The van der Waals surface area contributed by atoms with Gasteiger partial charge < -0.3 is 9.80 Å². The molecule has 162 valence electrons. The van der Waals surface area contributed by atoms with E-state index in [9.17, 15) is 9.59 Å². The number of aromatic nitrogens is 1. The molecule has 2 fully saturated rings. The molecule has 0 atom stereocenters. The summed E-state index contributed by atoms with van der Waals surface area (Å²) in [6.45, 7) is 3.41. The van der Waals surface area contributed by atoms with Crippen LogP contribution in [-0.2, 0) is 4.79 Å². The van der Waals surface area contributed by atoms with Gasteiger partial charge in [0.25, 0.3) is 11.1 Å². The summed E-state index contributed by atoms with van der Waals surface area (Å²) in [5.74, 6) is -0.658. The van der Waals surface area contributed by atoms with Crippen molar-refractivity contribution < 1.29 is 14.0 Å². The molecule has 0 radical (unpaired) electrons. The Morgan fingerprint density at radius 2 is 1.88 bits per heavy atom. The topological polar surface area (TPSA) is 65.5 Å². The third-order valence-corrected chi connectivity index (χ3v) is 6.61. The smallest absolute Gasteiger partial charge is 0.290 e. The van der Waals surface area contributed by atoms with Crippen LogP contribution in [0.25, 0.3) is 28.1 Å². The quantitative estimate of drug-likeness (QED) is 0.608. The summed E-state index contributed by atoms with van der Waals surface area (Å²) >= 11 is 0.880. The number of imide groups is 1. The second-order valence-corrected chi connectivity index (χ2v) is 8.96. The van der Waals surface area contributed by atoms with Gasteiger partial charge >= 0.3 is 0 Å². The van der Waals surface area contributed by atoms with E-state index in [-0.39, 0.29) is 11.1 Å². The van der Waals surface area contributed by atoms with Crippen LogP contribution in [0.5, 0.6) is 0 Å². The van der Waals surface area contributed by atoms with Gasteiger partial charge in [0.05, 0.1) is 16.3 Å². The minimum Gasteiger partial charge on any atom is -0.367 e. The molecule has 2 aliphatic rings. The number of piperazine rings is 1. The van der Waals surface area contributed by atoms with E-state index < -0.39 is 5.91 Å². The molecule has 0 spiro atoms. The van der Waals surface area contributed by atoms with Gasteiger partial charge in [-0.25, -0.2) is 4.39 Å². The largest absolute Gasteiger partial charge is 0.367 e. The van der Waals surface area contributed by atoms with E-state index >= 15 is 4.39 Å². The average Bonchev–Trinajstić information content (AvgIpc) is 3.10. The molecule has 2 aromatic carbocycles. The zero-order valence-corrected chi connectivity index (χ0v) is 18.3. The molecular weight excluding hydrogens is 427 g/mol. The number of rotatable bonds is 3. The van der Waals surface area contributed by atoms with Crippen molar-refractivity contribution in [3.63, 3.8) is 0 Å². The molecule has 0 saturated carbocycles. The molecule has 3 heterocycles. The van der Waals surface area contributed by atoms with Crippen LogP contribution >= 0.6 is 11.8 Å². The predicted molar refractivity (Wildman–Crippen MR) is 126 cm³/mol. The summed E-state index contributed by atoms with van der Waals surface area (Å²) in [7, 11) is 2.07. The number of nitrogens with zero attached hydrogens (tertiary/aromatic N) is 3. The third kappa shape index (κ3) is 3.99. The van der Waals surface area contributed by atoms with E-state index in [4.69, 9.17) is 0 Å². The monoisotopic (exact) mass is 448 g/mol. The fourth-order valence-corrected chi connectivity index (χ4v) is 4.72. The number of likely N-dealkylation sites (N-methyl/N-ethyl adjacent to an activating group) is 1. The van der Waals surface area contributed by atoms with Crippen LogP contribution in [0.3, 0.4) is 0 Å². The standard InChI is InChI=1S/C24H21FN4O2S/c1-28-8-10-29(11-9-28)20-5-4-17(14-19(20)25)22-18-12-15(2-3-16(18)6-7-26-22)13-21-23(30)27-24(31)32-21/h2-7,12-14H,8-11H2,1H3,(H,27,30,31). The number of thioether (sulfide) groups is 1. The van der Waals surface area contributed by atoms with Crippen molar-refractivity contribution in [1.82, 2.24) is 15.2 Å². The zero-order valence-electron chi connectivity index (χ0n) is 17.5. The number of pyridine rings is 1. The number of hydrogen-bond donors (Lipinski definition) is 1. The lowest BCUT2D eigenvalue weighted by molar-refractivity contribution is -0.115. The van der Waals surface area contributed by atoms with E-state index in [1.165, 1.54) is 0 Å². The van der Waals surface area contributed by atoms with Crippen LogP contribution in [0.15, 0.2) is 53.6 Å². The first-order chi connectivity index (χ1) is 15.5. The molecule has 6 nitrogen and oxygen atoms in total. The maximum absolute atomic E-state index is 15.1. The Kier molecular flexibility index (Phi) is 5.40. The molecule has 1 N–H and O–H groups in total. The minimum atomic E-state index is -0.395. The number of hydrogen-bond acceptors (Lipinski definition) is 6. The number of benzene rings is 2. The summed E-state index contributed by atoms with van der Waals surface area (Å²) in [5.41, 5.74) is 2.75. The molecule has 1 aromatic heterocycles. The highest BCUT2D eigenvalue weighted by Gasteiger charge is 2.25. The fourth-order valence-electron chi connectivity index (χ4n) is 4.04. The molecule has 5 rings (SSSR count). The first-order valence-corrected chi connectivity index (χ1v) is 11.2. The molecule has 2 aliphatic heterocycles. The summed E-state index contributed by atoms with van der Waals surface area (Å²) in [6.07, 6.45) is 3.39. The second kappa shape index (κ2) is 8.37. The Labute approximate surface area is 189 Å². The SMILES string of the molecule is CN1CCN(c2ccc(-c3nccc4ccc(C=C5SC(=O)NC5=O)cc34)cc2F)CC1. The molecule has 2 saturated heterocycles. The van der Waals surface area contributed by atoms with Crippen LogP contribution < -0.4 is 10.2 Å².